The molecule has 0 aromatic carbocycles. The number of fused-ring (bicyclic) bond motifs is 1. The lowest BCUT2D eigenvalue weighted by Gasteiger charge is -2.11. The molecule has 0 saturated carbocycles. The monoisotopic (exact) mass is 249 g/mol. The van der Waals surface area contributed by atoms with Crippen molar-refractivity contribution in [1.29, 1.82) is 0 Å². The van der Waals surface area contributed by atoms with Gasteiger partial charge in [0.1, 0.15) is 11.2 Å². The Bertz CT molecular complexity index is 699. The number of H-pyrrole nitrogens is 2. The summed E-state index contributed by atoms with van der Waals surface area (Å²) in [6.07, 6.45) is 0. The van der Waals surface area contributed by atoms with Gasteiger partial charge in [0.15, 0.2) is 5.65 Å². The molecule has 0 radical (unpaired) electrons. The van der Waals surface area contributed by atoms with E-state index in [1.807, 2.05) is 13.8 Å². The molecule has 2 heterocycles. The summed E-state index contributed by atoms with van der Waals surface area (Å²) in [5, 5.41) is 0.244. The maximum Gasteiger partial charge on any atom is 0.327 e. The van der Waals surface area contributed by atoms with Gasteiger partial charge >= 0.3 is 5.69 Å². The summed E-state index contributed by atoms with van der Waals surface area (Å²) in [5.41, 5.74) is 5.39. The van der Waals surface area contributed by atoms with Crippen molar-refractivity contribution in [3.63, 3.8) is 0 Å². The van der Waals surface area contributed by atoms with Crippen molar-refractivity contribution in [2.75, 3.05) is 0 Å². The summed E-state index contributed by atoms with van der Waals surface area (Å²) in [7, 11) is 0. The van der Waals surface area contributed by atoms with Crippen LogP contribution in [0, 0.1) is 0 Å². The minimum absolute atomic E-state index is 0.0784. The van der Waals surface area contributed by atoms with Crippen LogP contribution in [-0.4, -0.2) is 19.9 Å². The fourth-order valence-electron chi connectivity index (χ4n) is 1.70. The van der Waals surface area contributed by atoms with E-state index in [2.05, 4.69) is 19.9 Å². The van der Waals surface area contributed by atoms with Gasteiger partial charge in [0.25, 0.3) is 5.56 Å². The highest BCUT2D eigenvalue weighted by Crippen LogP contribution is 2.18. The summed E-state index contributed by atoms with van der Waals surface area (Å²) >= 11 is 0. The Balaban J connectivity index is 2.94. The molecule has 4 N–H and O–H groups in total. The number of rotatable bonds is 2. The molecule has 0 aliphatic heterocycles. The molecule has 0 aliphatic carbocycles. The van der Waals surface area contributed by atoms with Crippen molar-refractivity contribution in [3.05, 3.63) is 32.4 Å². The van der Waals surface area contributed by atoms with Crippen LogP contribution in [0.3, 0.4) is 0 Å². The van der Waals surface area contributed by atoms with Crippen molar-refractivity contribution in [2.45, 2.75) is 32.7 Å². The molecule has 7 nitrogen and oxygen atoms in total. The van der Waals surface area contributed by atoms with Gasteiger partial charge < -0.3 is 5.73 Å². The van der Waals surface area contributed by atoms with Crippen LogP contribution in [0.1, 0.15) is 44.2 Å². The number of aromatic nitrogens is 4. The van der Waals surface area contributed by atoms with Gasteiger partial charge in [-0.15, -0.1) is 0 Å². The zero-order valence-corrected chi connectivity index (χ0v) is 10.4. The Morgan fingerprint density at radius 3 is 2.33 bits per heavy atom. The second-order valence-corrected chi connectivity index (χ2v) is 4.54. The average molecular weight is 249 g/mol. The minimum Gasteiger partial charge on any atom is -0.323 e. The second-order valence-electron chi connectivity index (χ2n) is 4.54. The van der Waals surface area contributed by atoms with Crippen LogP contribution >= 0.6 is 0 Å². The molecule has 0 saturated heterocycles. The summed E-state index contributed by atoms with van der Waals surface area (Å²) in [4.78, 5) is 36.2. The highest BCUT2D eigenvalue weighted by Gasteiger charge is 2.16. The van der Waals surface area contributed by atoms with Gasteiger partial charge in [-0.05, 0) is 6.92 Å². The molecular formula is C11H15N5O2. The van der Waals surface area contributed by atoms with Crippen molar-refractivity contribution >= 4 is 11.0 Å². The van der Waals surface area contributed by atoms with Crippen molar-refractivity contribution in [2.24, 2.45) is 5.73 Å². The fourth-order valence-corrected chi connectivity index (χ4v) is 1.70. The molecule has 96 valence electrons. The Hall–Kier alpha value is -2.02. The molecule has 18 heavy (non-hydrogen) atoms. The van der Waals surface area contributed by atoms with Gasteiger partial charge in [0.2, 0.25) is 0 Å². The van der Waals surface area contributed by atoms with E-state index in [0.717, 1.165) is 0 Å². The lowest BCUT2D eigenvalue weighted by molar-refractivity contribution is 0.724. The summed E-state index contributed by atoms with van der Waals surface area (Å²) < 4.78 is 0. The second kappa shape index (κ2) is 4.34. The number of nitrogens with one attached hydrogen (secondary N) is 2. The first-order valence-corrected chi connectivity index (χ1v) is 5.70. The largest absolute Gasteiger partial charge is 0.327 e. The molecule has 2 aromatic rings. The number of aromatic amines is 2. The zero-order chi connectivity index (χ0) is 13.4. The number of nitrogens with zero attached hydrogens (tertiary/aromatic N) is 2. The van der Waals surface area contributed by atoms with E-state index in [1.54, 1.807) is 6.92 Å². The lowest BCUT2D eigenvalue weighted by atomic mass is 10.1. The van der Waals surface area contributed by atoms with Crippen LogP contribution in [0.4, 0.5) is 0 Å². The first-order chi connectivity index (χ1) is 8.40. The summed E-state index contributed by atoms with van der Waals surface area (Å²) in [6, 6.07) is -0.417. The van der Waals surface area contributed by atoms with Crippen LogP contribution in [0.2, 0.25) is 0 Å². The van der Waals surface area contributed by atoms with Crippen LogP contribution in [0.25, 0.3) is 11.0 Å². The predicted octanol–water partition coefficient (Wildman–Crippen LogP) is 0.150. The van der Waals surface area contributed by atoms with Crippen LogP contribution in [0.15, 0.2) is 9.59 Å². The molecule has 0 aliphatic rings. The van der Waals surface area contributed by atoms with Gasteiger partial charge in [-0.1, -0.05) is 13.8 Å². The van der Waals surface area contributed by atoms with Gasteiger partial charge in [0, 0.05) is 12.0 Å². The summed E-state index contributed by atoms with van der Waals surface area (Å²) in [5.74, 6) is 0.630. The van der Waals surface area contributed by atoms with Crippen LogP contribution in [0.5, 0.6) is 0 Å². The van der Waals surface area contributed by atoms with Gasteiger partial charge in [-0.2, -0.15) is 0 Å². The van der Waals surface area contributed by atoms with Crippen molar-refractivity contribution in [1.82, 2.24) is 19.9 Å². The molecule has 2 rings (SSSR count). The normalized spacial score (nSPS) is 13.2. The molecule has 0 bridgehead atoms. The Morgan fingerprint density at radius 2 is 1.78 bits per heavy atom. The number of hydrogen-bond donors (Lipinski definition) is 3. The van der Waals surface area contributed by atoms with Crippen molar-refractivity contribution < 1.29 is 0 Å². The minimum atomic E-state index is -0.587. The van der Waals surface area contributed by atoms with Crippen LogP contribution < -0.4 is 17.0 Å². The molecule has 0 spiro atoms. The van der Waals surface area contributed by atoms with Gasteiger partial charge in [0.05, 0.1) is 5.69 Å². The topological polar surface area (TPSA) is 118 Å². The maximum atomic E-state index is 11.8. The van der Waals surface area contributed by atoms with Gasteiger partial charge in [-0.25, -0.2) is 14.8 Å². The lowest BCUT2D eigenvalue weighted by Crippen LogP contribution is -2.26. The third-order valence-corrected chi connectivity index (χ3v) is 2.59. The fraction of sp³-hybridized carbons (Fsp3) is 0.455. The molecule has 2 aromatic heterocycles. The zero-order valence-electron chi connectivity index (χ0n) is 10.4. The van der Waals surface area contributed by atoms with E-state index in [1.165, 1.54) is 0 Å². The average Bonchev–Trinajstić information content (AvgIpc) is 2.26. The third kappa shape index (κ3) is 2.04. The molecule has 1 atom stereocenters. The van der Waals surface area contributed by atoms with E-state index < -0.39 is 17.3 Å². The summed E-state index contributed by atoms with van der Waals surface area (Å²) in [6.45, 7) is 5.59. The van der Waals surface area contributed by atoms with Crippen molar-refractivity contribution in [3.8, 4) is 0 Å². The quantitative estimate of drug-likeness (QED) is 0.700. The Morgan fingerprint density at radius 1 is 1.11 bits per heavy atom. The SMILES string of the molecule is CC(C)c1nc(C(C)N)c2c(=O)[nH]c(=O)[nH]c2n1. The molecule has 0 amide bonds. The first-order valence-electron chi connectivity index (χ1n) is 5.70. The molecular weight excluding hydrogens is 234 g/mol. The maximum absolute atomic E-state index is 11.8. The standard InChI is InChI=1S/C11H15N5O2/c1-4(2)8-13-7(5(3)12)6-9(14-8)15-11(18)16-10(6)17/h4-5H,12H2,1-3H3,(H2,13,14,15,16,17,18). The smallest absolute Gasteiger partial charge is 0.323 e. The van der Waals surface area contributed by atoms with Gasteiger partial charge in [-0.3, -0.25) is 14.8 Å². The van der Waals surface area contributed by atoms with E-state index in [9.17, 15) is 9.59 Å². The molecule has 0 fully saturated rings. The van der Waals surface area contributed by atoms with Crippen LogP contribution in [-0.2, 0) is 0 Å². The number of nitrogens with two attached hydrogens (primary N) is 1. The van der Waals surface area contributed by atoms with E-state index in [0.29, 0.717) is 11.5 Å². The third-order valence-electron chi connectivity index (χ3n) is 2.59. The van der Waals surface area contributed by atoms with E-state index >= 15 is 0 Å². The number of hydrogen-bond acceptors (Lipinski definition) is 5. The van der Waals surface area contributed by atoms with E-state index in [4.69, 9.17) is 5.73 Å². The Labute approximate surface area is 102 Å². The first kappa shape index (κ1) is 12.4. The highest BCUT2D eigenvalue weighted by molar-refractivity contribution is 5.76. The molecule has 1 unspecified atom stereocenters. The Kier molecular flexibility index (Phi) is 3.00. The highest BCUT2D eigenvalue weighted by atomic mass is 16.2. The molecule has 7 heteroatoms. The predicted molar refractivity (Wildman–Crippen MR) is 67.5 cm³/mol. The van der Waals surface area contributed by atoms with E-state index in [-0.39, 0.29) is 17.0 Å².